The van der Waals surface area contributed by atoms with E-state index in [2.05, 4.69) is 10.1 Å². The summed E-state index contributed by atoms with van der Waals surface area (Å²) in [6.45, 7) is 5.18. The van der Waals surface area contributed by atoms with Crippen LogP contribution < -0.4 is 10.1 Å². The highest BCUT2D eigenvalue weighted by Gasteiger charge is 2.31. The highest BCUT2D eigenvalue weighted by atomic mass is 19.4. The minimum Gasteiger partial charge on any atom is -0.406 e. The van der Waals surface area contributed by atoms with Gasteiger partial charge in [-0.25, -0.2) is 0 Å². The maximum Gasteiger partial charge on any atom is 0.573 e. The molecular formula is C17H21F3N2O4. The molecular weight excluding hydrogens is 353 g/mol. The number of rotatable bonds is 6. The van der Waals surface area contributed by atoms with Crippen LogP contribution in [0.1, 0.15) is 24.2 Å². The van der Waals surface area contributed by atoms with Crippen LogP contribution in [0.25, 0.3) is 0 Å². The monoisotopic (exact) mass is 374 g/mol. The second kappa shape index (κ2) is 8.39. The highest BCUT2D eigenvalue weighted by Crippen LogP contribution is 2.22. The average Bonchev–Trinajstić information content (AvgIpc) is 2.54. The van der Waals surface area contributed by atoms with Gasteiger partial charge < -0.3 is 19.7 Å². The van der Waals surface area contributed by atoms with Gasteiger partial charge in [0, 0.05) is 25.2 Å². The van der Waals surface area contributed by atoms with Gasteiger partial charge in [0.1, 0.15) is 12.4 Å². The molecule has 1 fully saturated rings. The van der Waals surface area contributed by atoms with Crippen LogP contribution in [-0.2, 0) is 9.53 Å². The van der Waals surface area contributed by atoms with Gasteiger partial charge in [-0.2, -0.15) is 0 Å². The summed E-state index contributed by atoms with van der Waals surface area (Å²) >= 11 is 0. The van der Waals surface area contributed by atoms with Crippen LogP contribution >= 0.6 is 0 Å². The predicted molar refractivity (Wildman–Crippen MR) is 86.6 cm³/mol. The smallest absolute Gasteiger partial charge is 0.406 e. The minimum atomic E-state index is -4.78. The number of carbonyl (C=O) groups excluding carboxylic acids is 2. The van der Waals surface area contributed by atoms with Gasteiger partial charge in [-0.3, -0.25) is 9.59 Å². The summed E-state index contributed by atoms with van der Waals surface area (Å²) in [5.41, 5.74) is 0.199. The number of amides is 2. The number of ether oxygens (including phenoxy) is 2. The van der Waals surface area contributed by atoms with Crippen LogP contribution in [0, 0.1) is 5.92 Å². The summed E-state index contributed by atoms with van der Waals surface area (Å²) in [4.78, 5) is 25.6. The van der Waals surface area contributed by atoms with Crippen LogP contribution in [0.2, 0.25) is 0 Å². The number of morpholine rings is 1. The number of nitrogens with one attached hydrogen (secondary N) is 1. The molecule has 1 saturated heterocycles. The zero-order chi connectivity index (χ0) is 19.3. The molecule has 144 valence electrons. The van der Waals surface area contributed by atoms with Crippen molar-refractivity contribution in [3.8, 4) is 5.75 Å². The molecule has 1 aromatic carbocycles. The largest absolute Gasteiger partial charge is 0.573 e. The lowest BCUT2D eigenvalue weighted by Gasteiger charge is -2.33. The fourth-order valence-electron chi connectivity index (χ4n) is 2.54. The van der Waals surface area contributed by atoms with E-state index >= 15 is 0 Å². The molecule has 0 spiro atoms. The van der Waals surface area contributed by atoms with Gasteiger partial charge in [0.15, 0.2) is 0 Å². The van der Waals surface area contributed by atoms with Gasteiger partial charge in [0.2, 0.25) is 5.91 Å². The van der Waals surface area contributed by atoms with Crippen LogP contribution in [0.15, 0.2) is 24.3 Å². The summed E-state index contributed by atoms with van der Waals surface area (Å²) in [5.74, 6) is -0.599. The zero-order valence-electron chi connectivity index (χ0n) is 14.5. The minimum absolute atomic E-state index is 0.0310. The second-order valence-electron chi connectivity index (χ2n) is 6.41. The first-order valence-corrected chi connectivity index (χ1v) is 8.17. The van der Waals surface area contributed by atoms with Crippen molar-refractivity contribution in [1.82, 2.24) is 10.2 Å². The molecule has 1 atom stereocenters. The summed E-state index contributed by atoms with van der Waals surface area (Å²) in [5, 5.41) is 2.66. The van der Waals surface area contributed by atoms with Crippen molar-refractivity contribution < 1.29 is 32.2 Å². The van der Waals surface area contributed by atoms with E-state index in [1.165, 1.54) is 12.1 Å². The normalized spacial score (nSPS) is 18.2. The number of benzene rings is 1. The molecule has 2 rings (SSSR count). The Morgan fingerprint density at radius 1 is 1.35 bits per heavy atom. The molecule has 1 aliphatic rings. The van der Waals surface area contributed by atoms with Gasteiger partial charge in [-0.05, 0) is 30.2 Å². The number of hydrogen-bond acceptors (Lipinski definition) is 4. The Bertz CT molecular complexity index is 632. The summed E-state index contributed by atoms with van der Waals surface area (Å²) in [6.07, 6.45) is -5.11. The lowest BCUT2D eigenvalue weighted by Crippen LogP contribution is -2.51. The fourth-order valence-corrected chi connectivity index (χ4v) is 2.54. The molecule has 0 bridgehead atoms. The lowest BCUT2D eigenvalue weighted by molar-refractivity contribution is -0.274. The number of hydrogen-bond donors (Lipinski definition) is 1. The number of alkyl halides is 3. The van der Waals surface area contributed by atoms with E-state index in [-0.39, 0.29) is 30.7 Å². The Hall–Kier alpha value is -2.29. The molecule has 1 aromatic rings. The van der Waals surface area contributed by atoms with Crippen LogP contribution in [0.4, 0.5) is 13.2 Å². The number of halogens is 3. The van der Waals surface area contributed by atoms with E-state index in [1.54, 1.807) is 4.90 Å². The first-order valence-electron chi connectivity index (χ1n) is 8.17. The Balaban J connectivity index is 1.85. The van der Waals surface area contributed by atoms with Gasteiger partial charge in [-0.1, -0.05) is 13.8 Å². The first kappa shape index (κ1) is 20.0. The van der Waals surface area contributed by atoms with Crippen molar-refractivity contribution in [3.05, 3.63) is 29.8 Å². The summed E-state index contributed by atoms with van der Waals surface area (Å²) in [7, 11) is 0. The summed E-state index contributed by atoms with van der Waals surface area (Å²) < 4.78 is 45.5. The Morgan fingerprint density at radius 3 is 2.58 bits per heavy atom. The zero-order valence-corrected chi connectivity index (χ0v) is 14.5. The van der Waals surface area contributed by atoms with E-state index in [1.807, 2.05) is 13.8 Å². The number of carbonyl (C=O) groups is 2. The molecule has 6 nitrogen and oxygen atoms in total. The molecule has 1 heterocycles. The van der Waals surface area contributed by atoms with Crippen molar-refractivity contribution >= 4 is 11.8 Å². The van der Waals surface area contributed by atoms with Gasteiger partial charge in [0.05, 0.1) is 6.10 Å². The second-order valence-corrected chi connectivity index (χ2v) is 6.41. The molecule has 0 radical (unpaired) electrons. The topological polar surface area (TPSA) is 67.9 Å². The van der Waals surface area contributed by atoms with Crippen molar-refractivity contribution in [2.45, 2.75) is 26.3 Å². The van der Waals surface area contributed by atoms with Crippen molar-refractivity contribution in [1.29, 1.82) is 0 Å². The van der Waals surface area contributed by atoms with E-state index in [0.717, 1.165) is 12.1 Å². The molecule has 2 amide bonds. The molecule has 9 heteroatoms. The highest BCUT2D eigenvalue weighted by molar-refractivity contribution is 5.94. The lowest BCUT2D eigenvalue weighted by atomic mass is 10.1. The maximum absolute atomic E-state index is 12.1. The van der Waals surface area contributed by atoms with Crippen LogP contribution in [-0.4, -0.2) is 55.4 Å². The third-order valence-corrected chi connectivity index (χ3v) is 3.65. The summed E-state index contributed by atoms with van der Waals surface area (Å²) in [6, 6.07) is 4.63. The molecule has 1 unspecified atom stereocenters. The quantitative estimate of drug-likeness (QED) is 0.829. The molecule has 0 aromatic heterocycles. The Morgan fingerprint density at radius 2 is 2.00 bits per heavy atom. The van der Waals surface area contributed by atoms with E-state index in [0.29, 0.717) is 19.0 Å². The van der Waals surface area contributed by atoms with Crippen molar-refractivity contribution in [2.24, 2.45) is 5.92 Å². The predicted octanol–water partition coefficient (Wildman–Crippen LogP) is 2.20. The number of nitrogens with zero attached hydrogens (tertiary/aromatic N) is 1. The van der Waals surface area contributed by atoms with Gasteiger partial charge in [0.25, 0.3) is 5.91 Å². The van der Waals surface area contributed by atoms with Crippen molar-refractivity contribution in [3.63, 3.8) is 0 Å². The third kappa shape index (κ3) is 6.21. The first-order chi connectivity index (χ1) is 12.1. The standard InChI is InChI=1S/C17H21F3N2O4/c1-11(2)8-22-9-14(25-10-15(22)23)7-21-16(24)12-3-5-13(6-4-12)26-17(18,19)20/h3-6,11,14H,7-10H2,1-2H3,(H,21,24). The van der Waals surface area contributed by atoms with Crippen molar-refractivity contribution in [2.75, 3.05) is 26.2 Å². The molecule has 0 saturated carbocycles. The maximum atomic E-state index is 12.1. The van der Waals surface area contributed by atoms with E-state index in [9.17, 15) is 22.8 Å². The third-order valence-electron chi connectivity index (χ3n) is 3.65. The Kier molecular flexibility index (Phi) is 6.47. The fraction of sp³-hybridized carbons (Fsp3) is 0.529. The Labute approximate surface area is 149 Å². The van der Waals surface area contributed by atoms with Crippen LogP contribution in [0.3, 0.4) is 0 Å². The molecule has 1 aliphatic heterocycles. The molecule has 26 heavy (non-hydrogen) atoms. The molecule has 0 aliphatic carbocycles. The van der Waals surface area contributed by atoms with E-state index < -0.39 is 18.0 Å². The van der Waals surface area contributed by atoms with Gasteiger partial charge >= 0.3 is 6.36 Å². The average molecular weight is 374 g/mol. The SMILES string of the molecule is CC(C)CN1CC(CNC(=O)c2ccc(OC(F)(F)F)cc2)OCC1=O. The molecule has 1 N–H and O–H groups in total. The van der Waals surface area contributed by atoms with Gasteiger partial charge in [-0.15, -0.1) is 13.2 Å². The van der Waals surface area contributed by atoms with Crippen LogP contribution in [0.5, 0.6) is 5.75 Å². The van der Waals surface area contributed by atoms with E-state index in [4.69, 9.17) is 4.74 Å².